The minimum Gasteiger partial charge on any atom is -2.00 e. The van der Waals surface area contributed by atoms with Crippen molar-refractivity contribution in [1.29, 1.82) is 0 Å². The molecule has 40 valence electrons. The van der Waals surface area contributed by atoms with E-state index in [4.69, 9.17) is 17.5 Å². The maximum atomic E-state index is 8.74. The Labute approximate surface area is 92.9 Å². The number of hydrogen-bond acceptors (Lipinski definition) is 2. The van der Waals surface area contributed by atoms with Crippen LogP contribution in [0.5, 0.6) is 0 Å². The van der Waals surface area contributed by atoms with E-state index in [1.807, 2.05) is 0 Å². The Balaban J connectivity index is -0.0000000267. The van der Waals surface area contributed by atoms with E-state index in [0.717, 1.165) is 0 Å². The minimum absolute atomic E-state index is 0. The largest absolute Gasteiger partial charge is 2.00 e. The SMILES string of the molecule is O=S(=O)(O)O.[Ca+2].[Mg+2].[O-2]. The monoisotopic (exact) mass is 178 g/mol. The molecule has 0 aromatic heterocycles. The smallest absolute Gasteiger partial charge is 2.00 e. The number of rotatable bonds is 0. The van der Waals surface area contributed by atoms with Crippen molar-refractivity contribution in [1.82, 2.24) is 0 Å². The molecule has 0 aromatic rings. The summed E-state index contributed by atoms with van der Waals surface area (Å²) in [5.74, 6) is 0. The van der Waals surface area contributed by atoms with Crippen LogP contribution in [0.2, 0.25) is 0 Å². The third-order valence-electron chi connectivity index (χ3n) is 0. The maximum Gasteiger partial charge on any atom is 2.00 e. The summed E-state index contributed by atoms with van der Waals surface area (Å²) in [6, 6.07) is 0. The van der Waals surface area contributed by atoms with Gasteiger partial charge in [-0.05, 0) is 0 Å². The molecular formula is H2CaMgO5S+2. The van der Waals surface area contributed by atoms with Gasteiger partial charge in [0.2, 0.25) is 0 Å². The van der Waals surface area contributed by atoms with Crippen molar-refractivity contribution in [3.63, 3.8) is 0 Å². The van der Waals surface area contributed by atoms with E-state index in [0.29, 0.717) is 0 Å². The first-order chi connectivity index (χ1) is 2.00. The van der Waals surface area contributed by atoms with E-state index < -0.39 is 10.4 Å². The normalized spacial score (nSPS) is 7.25. The van der Waals surface area contributed by atoms with Crippen molar-refractivity contribution in [3.05, 3.63) is 0 Å². The van der Waals surface area contributed by atoms with E-state index in [-0.39, 0.29) is 66.3 Å². The molecule has 2 N–H and O–H groups in total. The summed E-state index contributed by atoms with van der Waals surface area (Å²) >= 11 is 0. The van der Waals surface area contributed by atoms with E-state index >= 15 is 0 Å². The molecule has 0 aromatic carbocycles. The van der Waals surface area contributed by atoms with E-state index in [2.05, 4.69) is 0 Å². The Morgan fingerprint density at radius 2 is 1.12 bits per heavy atom. The van der Waals surface area contributed by atoms with Crippen molar-refractivity contribution in [2.45, 2.75) is 0 Å². The zero-order valence-electron chi connectivity index (χ0n) is 3.94. The third kappa shape index (κ3) is 107. The van der Waals surface area contributed by atoms with Crippen LogP contribution in [0.3, 0.4) is 0 Å². The van der Waals surface area contributed by atoms with Gasteiger partial charge in [0.1, 0.15) is 0 Å². The molecule has 0 aliphatic carbocycles. The van der Waals surface area contributed by atoms with Gasteiger partial charge in [-0.1, -0.05) is 0 Å². The van der Waals surface area contributed by atoms with Gasteiger partial charge in [-0.2, -0.15) is 8.42 Å². The molecule has 0 rings (SSSR count). The summed E-state index contributed by atoms with van der Waals surface area (Å²) < 4.78 is 31.6. The van der Waals surface area contributed by atoms with Crippen molar-refractivity contribution in [2.24, 2.45) is 0 Å². The van der Waals surface area contributed by atoms with Crippen LogP contribution in [0, 0.1) is 0 Å². The Kier molecular flexibility index (Phi) is 25.0. The summed E-state index contributed by atoms with van der Waals surface area (Å²) in [5.41, 5.74) is 0. The Morgan fingerprint density at radius 3 is 1.12 bits per heavy atom. The standard InChI is InChI=1S/Ca.Mg.H2O4S.O/c;;1-5(2,3)4;/h;;(H2,1,2,3,4);/q2*+2;;-2. The van der Waals surface area contributed by atoms with Crippen LogP contribution in [0.15, 0.2) is 0 Å². The zero-order chi connectivity index (χ0) is 4.50. The second kappa shape index (κ2) is 8.86. The summed E-state index contributed by atoms with van der Waals surface area (Å²) in [6.07, 6.45) is 0. The summed E-state index contributed by atoms with van der Waals surface area (Å²) in [6.45, 7) is 0. The minimum atomic E-state index is -4.67. The molecule has 8 heteroatoms. The maximum absolute atomic E-state index is 8.74. The van der Waals surface area contributed by atoms with E-state index in [1.54, 1.807) is 0 Å². The van der Waals surface area contributed by atoms with Crippen molar-refractivity contribution in [2.75, 3.05) is 0 Å². The van der Waals surface area contributed by atoms with E-state index in [1.165, 1.54) is 0 Å². The van der Waals surface area contributed by atoms with Gasteiger partial charge in [-0.25, -0.2) is 0 Å². The molecule has 0 spiro atoms. The summed E-state index contributed by atoms with van der Waals surface area (Å²) in [5, 5.41) is 0. The Bertz CT molecular complexity index is 95.6. The Morgan fingerprint density at radius 1 is 1.12 bits per heavy atom. The van der Waals surface area contributed by atoms with Gasteiger partial charge in [-0.15, -0.1) is 0 Å². The molecule has 0 radical (unpaired) electrons. The molecule has 0 aliphatic rings. The first-order valence-electron chi connectivity index (χ1n) is 0.698. The van der Waals surface area contributed by atoms with Gasteiger partial charge in [-0.3, -0.25) is 9.11 Å². The van der Waals surface area contributed by atoms with Crippen LogP contribution < -0.4 is 0 Å². The van der Waals surface area contributed by atoms with Gasteiger partial charge in [0, 0.05) is 0 Å². The first kappa shape index (κ1) is 22.5. The van der Waals surface area contributed by atoms with Gasteiger partial charge < -0.3 is 5.48 Å². The molecule has 0 amide bonds. The molecular weight excluding hydrogens is 176 g/mol. The average Bonchev–Trinajstić information content (AvgIpc) is 0.722. The van der Waals surface area contributed by atoms with Crippen LogP contribution in [-0.4, -0.2) is 78.3 Å². The summed E-state index contributed by atoms with van der Waals surface area (Å²) in [4.78, 5) is 0. The van der Waals surface area contributed by atoms with Gasteiger partial charge in [0.25, 0.3) is 0 Å². The average molecular weight is 178 g/mol. The molecule has 5 nitrogen and oxygen atoms in total. The molecule has 0 atom stereocenters. The topological polar surface area (TPSA) is 103 Å². The molecule has 8 heavy (non-hydrogen) atoms. The quantitative estimate of drug-likeness (QED) is 0.347. The molecule has 0 saturated carbocycles. The predicted octanol–water partition coefficient (Wildman–Crippen LogP) is -1.53. The fourth-order valence-corrected chi connectivity index (χ4v) is 0. The molecule has 0 aliphatic heterocycles. The fraction of sp³-hybridized carbons (Fsp3) is 0. The zero-order valence-corrected chi connectivity index (χ0v) is 8.38. The van der Waals surface area contributed by atoms with Crippen LogP contribution in [0.1, 0.15) is 0 Å². The van der Waals surface area contributed by atoms with Crippen LogP contribution in [0.25, 0.3) is 0 Å². The Hall–Kier alpha value is 1.86. The number of hydrogen-bond donors (Lipinski definition) is 2. The molecule has 0 bridgehead atoms. The van der Waals surface area contributed by atoms with Crippen molar-refractivity contribution >= 4 is 71.2 Å². The third-order valence-corrected chi connectivity index (χ3v) is 0. The van der Waals surface area contributed by atoms with Gasteiger partial charge in [0.15, 0.2) is 0 Å². The van der Waals surface area contributed by atoms with Crippen LogP contribution in [-0.2, 0) is 15.9 Å². The van der Waals surface area contributed by atoms with Crippen molar-refractivity contribution in [3.8, 4) is 0 Å². The summed E-state index contributed by atoms with van der Waals surface area (Å²) in [7, 11) is -4.67. The first-order valence-corrected chi connectivity index (χ1v) is 2.10. The van der Waals surface area contributed by atoms with E-state index in [9.17, 15) is 0 Å². The predicted molar refractivity (Wildman–Crippen MR) is 26.4 cm³/mol. The molecule has 0 unspecified atom stereocenters. The fourth-order valence-electron chi connectivity index (χ4n) is 0. The van der Waals surface area contributed by atoms with Crippen molar-refractivity contribution < 1.29 is 23.0 Å². The molecule has 0 fully saturated rings. The molecule has 0 saturated heterocycles. The molecule has 0 heterocycles. The van der Waals surface area contributed by atoms with Gasteiger partial charge >= 0.3 is 71.2 Å². The second-order valence-electron chi connectivity index (χ2n) is 0.448. The van der Waals surface area contributed by atoms with Crippen LogP contribution in [0.4, 0.5) is 0 Å². The van der Waals surface area contributed by atoms with Gasteiger partial charge in [0.05, 0.1) is 0 Å². The van der Waals surface area contributed by atoms with Crippen LogP contribution >= 0.6 is 0 Å². The second-order valence-corrected chi connectivity index (χ2v) is 1.34.